The van der Waals surface area contributed by atoms with Crippen molar-refractivity contribution < 1.29 is 23.1 Å². The molecule has 0 fully saturated rings. The molecule has 6 nitrogen and oxygen atoms in total. The summed E-state index contributed by atoms with van der Waals surface area (Å²) in [4.78, 5) is 9.91. The van der Waals surface area contributed by atoms with Crippen LogP contribution in [0.4, 0.5) is 0 Å². The molecule has 0 aromatic rings. The lowest BCUT2D eigenvalue weighted by Gasteiger charge is -2.13. The lowest BCUT2D eigenvalue weighted by molar-refractivity contribution is -0.139. The number of ether oxygens (including phenoxy) is 1. The van der Waals surface area contributed by atoms with Crippen molar-refractivity contribution >= 4 is 16.0 Å². The first kappa shape index (κ1) is 9.01. The van der Waals surface area contributed by atoms with Crippen LogP contribution in [-0.2, 0) is 19.6 Å². The topological polar surface area (TPSA) is 107 Å². The zero-order chi connectivity index (χ0) is 9.35. The molecule has 0 spiro atoms. The molecule has 68 valence electrons. The van der Waals surface area contributed by atoms with Crippen molar-refractivity contribution in [3.63, 3.8) is 0 Å². The molecule has 7 heteroatoms. The molecule has 1 rings (SSSR count). The third-order valence-corrected chi connectivity index (χ3v) is 2.28. The Morgan fingerprint density at radius 3 is 2.42 bits per heavy atom. The van der Waals surface area contributed by atoms with Crippen LogP contribution in [0.3, 0.4) is 0 Å². The first-order chi connectivity index (χ1) is 5.43. The highest BCUT2D eigenvalue weighted by Crippen LogP contribution is 2.17. The lowest BCUT2D eigenvalue weighted by Crippen LogP contribution is -2.28. The summed E-state index contributed by atoms with van der Waals surface area (Å²) in [5.41, 5.74) is 0. The Kier molecular flexibility index (Phi) is 2.07. The van der Waals surface area contributed by atoms with Crippen molar-refractivity contribution in [2.75, 3.05) is 6.61 Å². The van der Waals surface area contributed by atoms with E-state index in [0.717, 1.165) is 0 Å². The number of aliphatic hydroxyl groups excluding tert-OH is 1. The van der Waals surface area contributed by atoms with Crippen LogP contribution in [-0.4, -0.2) is 26.1 Å². The van der Waals surface area contributed by atoms with E-state index in [1.54, 1.807) is 0 Å². The van der Waals surface area contributed by atoms with Gasteiger partial charge in [0.05, 0.1) is 6.61 Å². The normalized spacial score (nSPS) is 19.2. The number of aliphatic hydroxyl groups is 1. The van der Waals surface area contributed by atoms with E-state index in [4.69, 9.17) is 5.11 Å². The van der Waals surface area contributed by atoms with Crippen LogP contribution in [0.15, 0.2) is 10.7 Å². The summed E-state index contributed by atoms with van der Waals surface area (Å²) in [6.45, 7) is -0.0241. The molecule has 0 aromatic heterocycles. The maximum Gasteiger partial charge on any atom is 0.354 e. The summed E-state index contributed by atoms with van der Waals surface area (Å²) in [5.74, 6) is -1.63. The molecule has 3 N–H and O–H groups in total. The second kappa shape index (κ2) is 2.76. The van der Waals surface area contributed by atoms with Crippen LogP contribution >= 0.6 is 0 Å². The highest BCUT2D eigenvalue weighted by molar-refractivity contribution is 7.94. The van der Waals surface area contributed by atoms with Crippen LogP contribution in [0.1, 0.15) is 6.42 Å². The Hall–Kier alpha value is -1.08. The van der Waals surface area contributed by atoms with Gasteiger partial charge in [0, 0.05) is 6.42 Å². The largest absolute Gasteiger partial charge is 0.510 e. The van der Waals surface area contributed by atoms with Crippen LogP contribution in [0, 0.1) is 0 Å². The van der Waals surface area contributed by atoms with Gasteiger partial charge in [0.15, 0.2) is 0 Å². The van der Waals surface area contributed by atoms with E-state index in [1.807, 2.05) is 0 Å². The summed E-state index contributed by atoms with van der Waals surface area (Å²) in [7, 11) is -4.17. The lowest BCUT2D eigenvalue weighted by atomic mass is 10.3. The smallest absolute Gasteiger partial charge is 0.354 e. The zero-order valence-electron chi connectivity index (χ0n) is 5.98. The van der Waals surface area contributed by atoms with Gasteiger partial charge in [-0.05, 0) is 0 Å². The van der Waals surface area contributed by atoms with Gasteiger partial charge in [0.2, 0.25) is 14.9 Å². The first-order valence-corrected chi connectivity index (χ1v) is 4.59. The highest BCUT2D eigenvalue weighted by atomic mass is 32.2. The van der Waals surface area contributed by atoms with E-state index in [1.165, 1.54) is 0 Å². The second-order valence-electron chi connectivity index (χ2n) is 2.21. The second-order valence-corrected chi connectivity index (χ2v) is 3.71. The van der Waals surface area contributed by atoms with Crippen LogP contribution in [0.5, 0.6) is 0 Å². The number of primary sulfonamides is 1. The van der Waals surface area contributed by atoms with E-state index in [0.29, 0.717) is 0 Å². The van der Waals surface area contributed by atoms with E-state index in [-0.39, 0.29) is 13.0 Å². The van der Waals surface area contributed by atoms with Crippen molar-refractivity contribution in [3.05, 3.63) is 10.7 Å². The van der Waals surface area contributed by atoms with E-state index < -0.39 is 26.7 Å². The van der Waals surface area contributed by atoms with Crippen LogP contribution in [0.25, 0.3) is 0 Å². The van der Waals surface area contributed by atoms with Crippen molar-refractivity contribution in [2.45, 2.75) is 6.42 Å². The Morgan fingerprint density at radius 1 is 1.50 bits per heavy atom. The van der Waals surface area contributed by atoms with Gasteiger partial charge in [0.1, 0.15) is 5.76 Å². The molecule has 0 atom stereocenters. The molecule has 0 aromatic carbocycles. The van der Waals surface area contributed by atoms with Gasteiger partial charge < -0.3 is 9.84 Å². The fourth-order valence-corrected chi connectivity index (χ4v) is 1.54. The van der Waals surface area contributed by atoms with Gasteiger partial charge in [-0.1, -0.05) is 0 Å². The summed E-state index contributed by atoms with van der Waals surface area (Å²) >= 11 is 0. The maximum atomic E-state index is 10.8. The molecule has 1 aliphatic heterocycles. The minimum absolute atomic E-state index is 0.0164. The molecule has 0 saturated carbocycles. The molecule has 0 saturated heterocycles. The zero-order valence-corrected chi connectivity index (χ0v) is 6.80. The summed E-state index contributed by atoms with van der Waals surface area (Å²) in [5, 5.41) is 13.6. The molecule has 0 radical (unpaired) electrons. The standard InChI is InChI=1S/C5H7NO5S/c6-12(9,10)4-3(7)1-2-11-5(4)8/h7H,1-2H2,(H2,6,9,10). The molecule has 0 amide bonds. The number of nitrogens with two attached hydrogens (primary N) is 1. The van der Waals surface area contributed by atoms with Crippen molar-refractivity contribution in [1.82, 2.24) is 0 Å². The number of carbonyl (C=O) groups is 1. The monoisotopic (exact) mass is 193 g/mol. The van der Waals surface area contributed by atoms with E-state index >= 15 is 0 Å². The fraction of sp³-hybridized carbons (Fsp3) is 0.400. The summed E-state index contributed by atoms with van der Waals surface area (Å²) < 4.78 is 25.7. The number of sulfonamides is 1. The number of hydrogen-bond donors (Lipinski definition) is 2. The highest BCUT2D eigenvalue weighted by Gasteiger charge is 2.30. The molecule has 0 unspecified atom stereocenters. The van der Waals surface area contributed by atoms with Crippen molar-refractivity contribution in [2.24, 2.45) is 5.14 Å². The van der Waals surface area contributed by atoms with Gasteiger partial charge in [-0.25, -0.2) is 18.4 Å². The van der Waals surface area contributed by atoms with Gasteiger partial charge in [-0.3, -0.25) is 0 Å². The molecule has 1 aliphatic rings. The average Bonchev–Trinajstić information content (AvgIpc) is 1.82. The molecule has 1 heterocycles. The number of esters is 1. The minimum atomic E-state index is -4.17. The molecule has 12 heavy (non-hydrogen) atoms. The molecular formula is C5H7NO5S. The van der Waals surface area contributed by atoms with Crippen LogP contribution < -0.4 is 5.14 Å². The van der Waals surface area contributed by atoms with Gasteiger partial charge >= 0.3 is 5.97 Å². The number of carbonyl (C=O) groups excluding carboxylic acids is 1. The summed E-state index contributed by atoms with van der Waals surface area (Å²) in [6.07, 6.45) is -0.0164. The van der Waals surface area contributed by atoms with Crippen molar-refractivity contribution in [1.29, 1.82) is 0 Å². The van der Waals surface area contributed by atoms with E-state index in [9.17, 15) is 13.2 Å². The number of cyclic esters (lactones) is 1. The van der Waals surface area contributed by atoms with Crippen molar-refractivity contribution in [3.8, 4) is 0 Å². The molecule has 0 bridgehead atoms. The van der Waals surface area contributed by atoms with Crippen LogP contribution in [0.2, 0.25) is 0 Å². The molecular weight excluding hydrogens is 186 g/mol. The third kappa shape index (κ3) is 1.56. The number of rotatable bonds is 1. The fourth-order valence-electron chi connectivity index (χ4n) is 0.818. The molecule has 0 aliphatic carbocycles. The van der Waals surface area contributed by atoms with Gasteiger partial charge in [-0.2, -0.15) is 0 Å². The maximum absolute atomic E-state index is 10.8. The number of hydrogen-bond acceptors (Lipinski definition) is 5. The summed E-state index contributed by atoms with van der Waals surface area (Å²) in [6, 6.07) is 0. The Bertz CT molecular complexity index is 341. The van der Waals surface area contributed by atoms with Gasteiger partial charge in [-0.15, -0.1) is 0 Å². The van der Waals surface area contributed by atoms with Gasteiger partial charge in [0.25, 0.3) is 0 Å². The Labute approximate surface area is 68.7 Å². The third-order valence-electron chi connectivity index (χ3n) is 1.30. The Morgan fingerprint density at radius 2 is 2.08 bits per heavy atom. The first-order valence-electron chi connectivity index (χ1n) is 3.05. The predicted molar refractivity (Wildman–Crippen MR) is 38.3 cm³/mol. The van der Waals surface area contributed by atoms with E-state index in [2.05, 4.69) is 9.88 Å². The SMILES string of the molecule is NS(=O)(=O)C1=C(O)CCOC1=O. The minimum Gasteiger partial charge on any atom is -0.510 e. The predicted octanol–water partition coefficient (Wildman–Crippen LogP) is -1.01. The Balaban J connectivity index is 3.23. The quantitative estimate of drug-likeness (QED) is 0.519. The average molecular weight is 193 g/mol.